The smallest absolute Gasteiger partial charge is 0.336 e. The first kappa shape index (κ1) is 17.9. The van der Waals surface area contributed by atoms with Crippen LogP contribution in [-0.2, 0) is 9.59 Å². The minimum atomic E-state index is -1.05. The van der Waals surface area contributed by atoms with Crippen LogP contribution in [0.25, 0.3) is 0 Å². The monoisotopic (exact) mass is 467 g/mol. The number of halogens is 1. The van der Waals surface area contributed by atoms with Crippen LogP contribution in [0, 0.1) is 10.5 Å². The van der Waals surface area contributed by atoms with E-state index in [0.717, 1.165) is 20.9 Å². The number of carbonyl (C=O) groups excluding carboxylic acids is 2. The first-order valence-electron chi connectivity index (χ1n) is 7.50. The van der Waals surface area contributed by atoms with Gasteiger partial charge in [-0.1, -0.05) is 12.1 Å². The van der Waals surface area contributed by atoms with Crippen molar-refractivity contribution in [1.82, 2.24) is 0 Å². The van der Waals surface area contributed by atoms with E-state index in [-0.39, 0.29) is 23.8 Å². The molecule has 0 saturated carbocycles. The van der Waals surface area contributed by atoms with Gasteiger partial charge in [-0.2, -0.15) is 0 Å². The van der Waals surface area contributed by atoms with E-state index in [1.165, 1.54) is 11.0 Å². The number of aryl methyl sites for hydroxylation is 1. The zero-order chi connectivity index (χ0) is 18.1. The molecule has 128 valence electrons. The zero-order valence-corrected chi connectivity index (χ0v) is 16.2. The van der Waals surface area contributed by atoms with Crippen LogP contribution in [0.1, 0.15) is 22.3 Å². The summed E-state index contributed by atoms with van der Waals surface area (Å²) in [6, 6.07) is 12.0. The van der Waals surface area contributed by atoms with Crippen molar-refractivity contribution in [3.8, 4) is 0 Å². The van der Waals surface area contributed by atoms with Gasteiger partial charge in [0.05, 0.1) is 16.5 Å². The number of amides is 2. The van der Waals surface area contributed by atoms with Gasteiger partial charge < -0.3 is 5.11 Å². The Morgan fingerprint density at radius 2 is 1.96 bits per heavy atom. The quantitative estimate of drug-likeness (QED) is 0.548. The average molecular weight is 467 g/mol. The molecule has 0 aromatic heterocycles. The summed E-state index contributed by atoms with van der Waals surface area (Å²) in [5.74, 6) is -1.62. The molecule has 1 fully saturated rings. The van der Waals surface area contributed by atoms with Gasteiger partial charge >= 0.3 is 5.97 Å². The molecule has 7 heteroatoms. The molecule has 1 heterocycles. The summed E-state index contributed by atoms with van der Waals surface area (Å²) in [5, 5.41) is 8.65. The van der Waals surface area contributed by atoms with Crippen molar-refractivity contribution >= 4 is 57.8 Å². The van der Waals surface area contributed by atoms with Gasteiger partial charge in [0.1, 0.15) is 0 Å². The maximum absolute atomic E-state index is 12.8. The minimum absolute atomic E-state index is 0.0584. The predicted octanol–water partition coefficient (Wildman–Crippen LogP) is 3.72. The number of aromatic carboxylic acids is 1. The molecule has 0 aliphatic carbocycles. The fourth-order valence-corrected chi connectivity index (χ4v) is 4.54. The lowest BCUT2D eigenvalue weighted by atomic mass is 10.2. The van der Waals surface area contributed by atoms with Gasteiger partial charge in [0.15, 0.2) is 0 Å². The molecule has 1 aliphatic heterocycles. The molecule has 0 bridgehead atoms. The highest BCUT2D eigenvalue weighted by molar-refractivity contribution is 14.1. The van der Waals surface area contributed by atoms with Crippen LogP contribution in [0.3, 0.4) is 0 Å². The summed E-state index contributed by atoms with van der Waals surface area (Å²) in [4.78, 5) is 38.2. The van der Waals surface area contributed by atoms with Gasteiger partial charge in [-0.05, 0) is 65.4 Å². The molecule has 2 aromatic rings. The number of imide groups is 1. The largest absolute Gasteiger partial charge is 0.478 e. The number of benzene rings is 2. The van der Waals surface area contributed by atoms with Gasteiger partial charge in [-0.15, -0.1) is 11.8 Å². The van der Waals surface area contributed by atoms with Crippen molar-refractivity contribution in [3.63, 3.8) is 0 Å². The second kappa shape index (κ2) is 7.17. The Kier molecular flexibility index (Phi) is 5.14. The Hall–Kier alpha value is -1.87. The van der Waals surface area contributed by atoms with Gasteiger partial charge in [-0.25, -0.2) is 9.69 Å². The molecule has 1 unspecified atom stereocenters. The molecule has 5 nitrogen and oxygen atoms in total. The molecular weight excluding hydrogens is 453 g/mol. The van der Waals surface area contributed by atoms with Crippen molar-refractivity contribution in [1.29, 1.82) is 0 Å². The Balaban J connectivity index is 1.88. The Morgan fingerprint density at radius 1 is 1.24 bits per heavy atom. The third kappa shape index (κ3) is 3.57. The van der Waals surface area contributed by atoms with Crippen LogP contribution in [0.5, 0.6) is 0 Å². The first-order valence-corrected chi connectivity index (χ1v) is 9.46. The molecule has 0 spiro atoms. The lowest BCUT2D eigenvalue weighted by Crippen LogP contribution is -2.31. The summed E-state index contributed by atoms with van der Waals surface area (Å²) in [6.07, 6.45) is 0.0584. The summed E-state index contributed by atoms with van der Waals surface area (Å²) >= 11 is 3.31. The van der Waals surface area contributed by atoms with Crippen molar-refractivity contribution < 1.29 is 19.5 Å². The molecule has 2 aromatic carbocycles. The van der Waals surface area contributed by atoms with E-state index < -0.39 is 11.2 Å². The second-order valence-corrected chi connectivity index (χ2v) is 8.10. The van der Waals surface area contributed by atoms with Crippen molar-refractivity contribution in [2.45, 2.75) is 23.5 Å². The molecule has 0 radical (unpaired) electrons. The number of thioether (sulfide) groups is 1. The standard InChI is InChI=1S/C18H14INO4S/c1-10-8-11(19)6-7-13(10)20-16(21)9-15(17(20)22)25-14-5-3-2-4-12(14)18(23)24/h2-8,15H,9H2,1H3,(H,23,24). The SMILES string of the molecule is Cc1cc(I)ccc1N1C(=O)CC(Sc2ccccc2C(=O)O)C1=O. The van der Waals surface area contributed by atoms with E-state index in [0.29, 0.717) is 10.6 Å². The molecule has 1 aliphatic rings. The molecule has 1 saturated heterocycles. The van der Waals surface area contributed by atoms with E-state index in [2.05, 4.69) is 22.6 Å². The average Bonchev–Trinajstić information content (AvgIpc) is 2.82. The lowest BCUT2D eigenvalue weighted by molar-refractivity contribution is -0.121. The summed E-state index contributed by atoms with van der Waals surface area (Å²) in [5.41, 5.74) is 1.58. The first-order chi connectivity index (χ1) is 11.9. The van der Waals surface area contributed by atoms with Gasteiger partial charge in [0.2, 0.25) is 11.8 Å². The van der Waals surface area contributed by atoms with E-state index in [9.17, 15) is 19.5 Å². The second-order valence-electron chi connectivity index (χ2n) is 5.61. The van der Waals surface area contributed by atoms with Crippen LogP contribution in [0.2, 0.25) is 0 Å². The van der Waals surface area contributed by atoms with Crippen LogP contribution in [0.4, 0.5) is 5.69 Å². The number of carboxylic acid groups (broad SMARTS) is 1. The van der Waals surface area contributed by atoms with Gasteiger partial charge in [0.25, 0.3) is 0 Å². The summed E-state index contributed by atoms with van der Waals surface area (Å²) in [7, 11) is 0. The van der Waals surface area contributed by atoms with Crippen molar-refractivity contribution in [3.05, 3.63) is 57.2 Å². The zero-order valence-electron chi connectivity index (χ0n) is 13.2. The highest BCUT2D eigenvalue weighted by Gasteiger charge is 2.41. The van der Waals surface area contributed by atoms with Gasteiger partial charge in [0, 0.05) is 14.9 Å². The van der Waals surface area contributed by atoms with Crippen LogP contribution in [0.15, 0.2) is 47.4 Å². The van der Waals surface area contributed by atoms with E-state index >= 15 is 0 Å². The number of hydrogen-bond acceptors (Lipinski definition) is 4. The lowest BCUT2D eigenvalue weighted by Gasteiger charge is -2.17. The fourth-order valence-electron chi connectivity index (χ4n) is 2.72. The molecule has 25 heavy (non-hydrogen) atoms. The minimum Gasteiger partial charge on any atom is -0.478 e. The molecule has 3 rings (SSSR count). The Bertz CT molecular complexity index is 883. The number of rotatable bonds is 4. The molecular formula is C18H14INO4S. The van der Waals surface area contributed by atoms with Crippen molar-refractivity contribution in [2.24, 2.45) is 0 Å². The fraction of sp³-hybridized carbons (Fsp3) is 0.167. The molecule has 1 atom stereocenters. The van der Waals surface area contributed by atoms with Crippen molar-refractivity contribution in [2.75, 3.05) is 4.90 Å². The highest BCUT2D eigenvalue weighted by Crippen LogP contribution is 2.36. The maximum Gasteiger partial charge on any atom is 0.336 e. The predicted molar refractivity (Wildman–Crippen MR) is 104 cm³/mol. The normalized spacial score (nSPS) is 17.2. The Morgan fingerprint density at radius 3 is 2.64 bits per heavy atom. The molecule has 2 amide bonds. The van der Waals surface area contributed by atoms with E-state index in [4.69, 9.17) is 0 Å². The number of anilines is 1. The summed E-state index contributed by atoms with van der Waals surface area (Å²) in [6.45, 7) is 1.86. The highest BCUT2D eigenvalue weighted by atomic mass is 127. The number of carbonyl (C=O) groups is 3. The summed E-state index contributed by atoms with van der Waals surface area (Å²) < 4.78 is 1.03. The number of nitrogens with zero attached hydrogens (tertiary/aromatic N) is 1. The Labute approximate surface area is 162 Å². The molecule has 1 N–H and O–H groups in total. The van der Waals surface area contributed by atoms with Gasteiger partial charge in [-0.3, -0.25) is 9.59 Å². The maximum atomic E-state index is 12.8. The third-order valence-electron chi connectivity index (χ3n) is 3.89. The van der Waals surface area contributed by atoms with Crippen LogP contribution in [-0.4, -0.2) is 28.1 Å². The topological polar surface area (TPSA) is 74.7 Å². The number of carboxylic acids is 1. The third-order valence-corrected chi connectivity index (χ3v) is 5.83. The van der Waals surface area contributed by atoms with Crippen LogP contribution >= 0.6 is 34.4 Å². The number of hydrogen-bond donors (Lipinski definition) is 1. The van der Waals surface area contributed by atoms with Crippen LogP contribution < -0.4 is 4.90 Å². The van der Waals surface area contributed by atoms with E-state index in [1.54, 1.807) is 24.3 Å². The van der Waals surface area contributed by atoms with E-state index in [1.807, 2.05) is 19.1 Å².